The first kappa shape index (κ1) is 7.81. The van der Waals surface area contributed by atoms with Gasteiger partial charge in [0.15, 0.2) is 0 Å². The third-order valence-electron chi connectivity index (χ3n) is 3.59. The summed E-state index contributed by atoms with van der Waals surface area (Å²) in [6.45, 7) is 6.22. The average Bonchev–Trinajstić information content (AvgIpc) is 2.55. The summed E-state index contributed by atoms with van der Waals surface area (Å²) in [6.07, 6.45) is 7.34. The fourth-order valence-corrected chi connectivity index (χ4v) is 2.76. The van der Waals surface area contributed by atoms with Crippen LogP contribution in [0.4, 0.5) is 0 Å². The standard InChI is InChI=1S/C12H17N/c1-9-2-3-10(4-9)6-13-7-11-5-12(11)8-13/h2-3,11-12H,4-8H2,1H3. The Bertz CT molecular complexity index is 277. The van der Waals surface area contributed by atoms with Gasteiger partial charge in [0, 0.05) is 19.6 Å². The minimum absolute atomic E-state index is 1.08. The molecule has 0 bridgehead atoms. The van der Waals surface area contributed by atoms with Gasteiger partial charge in [-0.15, -0.1) is 0 Å². The molecule has 13 heavy (non-hydrogen) atoms. The van der Waals surface area contributed by atoms with Crippen molar-refractivity contribution < 1.29 is 0 Å². The molecule has 70 valence electrons. The van der Waals surface area contributed by atoms with E-state index in [1.807, 2.05) is 0 Å². The van der Waals surface area contributed by atoms with Gasteiger partial charge in [0.05, 0.1) is 0 Å². The van der Waals surface area contributed by atoms with Crippen LogP contribution in [0.15, 0.2) is 23.3 Å². The van der Waals surface area contributed by atoms with Gasteiger partial charge in [0.25, 0.3) is 0 Å². The third-order valence-corrected chi connectivity index (χ3v) is 3.59. The molecule has 0 aromatic carbocycles. The van der Waals surface area contributed by atoms with E-state index in [2.05, 4.69) is 24.0 Å². The molecule has 1 saturated heterocycles. The zero-order valence-corrected chi connectivity index (χ0v) is 8.29. The second kappa shape index (κ2) is 2.71. The zero-order chi connectivity index (χ0) is 8.84. The zero-order valence-electron chi connectivity index (χ0n) is 8.29. The first-order valence-corrected chi connectivity index (χ1v) is 5.39. The second-order valence-corrected chi connectivity index (χ2v) is 4.96. The van der Waals surface area contributed by atoms with Gasteiger partial charge in [-0.25, -0.2) is 0 Å². The number of hydrogen-bond acceptors (Lipinski definition) is 1. The number of likely N-dealkylation sites (tertiary alicyclic amines) is 1. The van der Waals surface area contributed by atoms with Crippen molar-refractivity contribution in [1.29, 1.82) is 0 Å². The van der Waals surface area contributed by atoms with E-state index in [-0.39, 0.29) is 0 Å². The molecule has 2 fully saturated rings. The minimum atomic E-state index is 1.08. The Morgan fingerprint density at radius 1 is 1.31 bits per heavy atom. The molecule has 0 aromatic heterocycles. The van der Waals surface area contributed by atoms with Crippen LogP contribution in [0.25, 0.3) is 0 Å². The molecule has 0 amide bonds. The van der Waals surface area contributed by atoms with E-state index in [1.165, 1.54) is 38.0 Å². The molecule has 0 N–H and O–H groups in total. The van der Waals surface area contributed by atoms with Crippen LogP contribution in [0.5, 0.6) is 0 Å². The summed E-state index contributed by atoms with van der Waals surface area (Å²) in [5.74, 6) is 2.16. The molecule has 3 aliphatic rings. The van der Waals surface area contributed by atoms with E-state index in [0.29, 0.717) is 0 Å². The second-order valence-electron chi connectivity index (χ2n) is 4.96. The van der Waals surface area contributed by atoms with Crippen molar-refractivity contribution in [1.82, 2.24) is 4.90 Å². The predicted molar refractivity (Wildman–Crippen MR) is 54.5 cm³/mol. The monoisotopic (exact) mass is 175 g/mol. The van der Waals surface area contributed by atoms with E-state index in [9.17, 15) is 0 Å². The lowest BCUT2D eigenvalue weighted by Crippen LogP contribution is -2.24. The van der Waals surface area contributed by atoms with E-state index in [4.69, 9.17) is 0 Å². The largest absolute Gasteiger partial charge is 0.299 e. The Balaban J connectivity index is 1.54. The van der Waals surface area contributed by atoms with E-state index in [0.717, 1.165) is 11.8 Å². The Morgan fingerprint density at radius 3 is 2.69 bits per heavy atom. The maximum atomic E-state index is 2.64. The molecule has 1 saturated carbocycles. The summed E-state index contributed by atoms with van der Waals surface area (Å²) in [4.78, 5) is 2.64. The summed E-state index contributed by atoms with van der Waals surface area (Å²) in [5.41, 5.74) is 3.15. The van der Waals surface area contributed by atoms with Crippen molar-refractivity contribution in [2.75, 3.05) is 19.6 Å². The van der Waals surface area contributed by atoms with Gasteiger partial charge in [0.2, 0.25) is 0 Å². The highest BCUT2D eigenvalue weighted by Crippen LogP contribution is 2.45. The van der Waals surface area contributed by atoms with Gasteiger partial charge in [-0.1, -0.05) is 23.3 Å². The lowest BCUT2D eigenvalue weighted by Gasteiger charge is -2.18. The number of rotatable bonds is 2. The number of piperidine rings is 1. The first-order chi connectivity index (χ1) is 6.31. The van der Waals surface area contributed by atoms with Gasteiger partial charge in [0.1, 0.15) is 0 Å². The lowest BCUT2D eigenvalue weighted by atomic mass is 10.1. The van der Waals surface area contributed by atoms with Crippen molar-refractivity contribution in [3.05, 3.63) is 23.3 Å². The summed E-state index contributed by atoms with van der Waals surface area (Å²) in [5, 5.41) is 0. The molecule has 1 aliphatic heterocycles. The fraction of sp³-hybridized carbons (Fsp3) is 0.667. The minimum Gasteiger partial charge on any atom is -0.299 e. The average molecular weight is 175 g/mol. The predicted octanol–water partition coefficient (Wildman–Crippen LogP) is 2.21. The van der Waals surface area contributed by atoms with E-state index in [1.54, 1.807) is 5.57 Å². The van der Waals surface area contributed by atoms with Crippen LogP contribution >= 0.6 is 0 Å². The smallest absolute Gasteiger partial charge is 0.0199 e. The maximum absolute atomic E-state index is 2.64. The van der Waals surface area contributed by atoms with Gasteiger partial charge in [-0.2, -0.15) is 0 Å². The van der Waals surface area contributed by atoms with E-state index < -0.39 is 0 Å². The SMILES string of the molecule is CC1=CC=C(CN2CC3CC3C2)C1. The van der Waals surface area contributed by atoms with Crippen LogP contribution in [-0.2, 0) is 0 Å². The Morgan fingerprint density at radius 2 is 2.08 bits per heavy atom. The molecule has 2 aliphatic carbocycles. The molecule has 2 atom stereocenters. The highest BCUT2D eigenvalue weighted by molar-refractivity contribution is 5.30. The maximum Gasteiger partial charge on any atom is 0.0199 e. The fourth-order valence-electron chi connectivity index (χ4n) is 2.76. The van der Waals surface area contributed by atoms with Crippen molar-refractivity contribution in [3.8, 4) is 0 Å². The topological polar surface area (TPSA) is 3.24 Å². The summed E-state index contributed by atoms with van der Waals surface area (Å²) in [6, 6.07) is 0. The van der Waals surface area contributed by atoms with Gasteiger partial charge in [-0.05, 0) is 31.6 Å². The highest BCUT2D eigenvalue weighted by Gasteiger charge is 2.44. The molecule has 1 heterocycles. The van der Waals surface area contributed by atoms with Gasteiger partial charge in [-0.3, -0.25) is 4.90 Å². The van der Waals surface area contributed by atoms with Crippen LogP contribution < -0.4 is 0 Å². The molecule has 1 heteroatoms. The van der Waals surface area contributed by atoms with Crippen LogP contribution in [0.3, 0.4) is 0 Å². The molecular formula is C12H17N. The van der Waals surface area contributed by atoms with Gasteiger partial charge >= 0.3 is 0 Å². The van der Waals surface area contributed by atoms with Crippen LogP contribution in [0.1, 0.15) is 19.8 Å². The first-order valence-electron chi connectivity index (χ1n) is 5.39. The Labute approximate surface area is 80.1 Å². The van der Waals surface area contributed by atoms with E-state index >= 15 is 0 Å². The number of fused-ring (bicyclic) bond motifs is 1. The highest BCUT2D eigenvalue weighted by atomic mass is 15.2. The summed E-state index contributed by atoms with van der Waals surface area (Å²) < 4.78 is 0. The number of nitrogens with zero attached hydrogens (tertiary/aromatic N) is 1. The summed E-state index contributed by atoms with van der Waals surface area (Å²) >= 11 is 0. The number of hydrogen-bond donors (Lipinski definition) is 0. The molecular weight excluding hydrogens is 158 g/mol. The Hall–Kier alpha value is -0.560. The molecule has 3 rings (SSSR count). The molecule has 0 spiro atoms. The number of allylic oxidation sites excluding steroid dienone is 3. The van der Waals surface area contributed by atoms with Crippen LogP contribution in [0, 0.1) is 11.8 Å². The molecule has 2 unspecified atom stereocenters. The van der Waals surface area contributed by atoms with Crippen molar-refractivity contribution >= 4 is 0 Å². The van der Waals surface area contributed by atoms with Crippen LogP contribution in [-0.4, -0.2) is 24.5 Å². The molecule has 1 nitrogen and oxygen atoms in total. The van der Waals surface area contributed by atoms with Crippen molar-refractivity contribution in [3.63, 3.8) is 0 Å². The van der Waals surface area contributed by atoms with Gasteiger partial charge < -0.3 is 0 Å². The summed E-state index contributed by atoms with van der Waals surface area (Å²) in [7, 11) is 0. The Kier molecular flexibility index (Phi) is 1.63. The van der Waals surface area contributed by atoms with Crippen LogP contribution in [0.2, 0.25) is 0 Å². The normalized spacial score (nSPS) is 37.3. The van der Waals surface area contributed by atoms with Crippen molar-refractivity contribution in [2.45, 2.75) is 19.8 Å². The lowest BCUT2D eigenvalue weighted by molar-refractivity contribution is 0.329. The molecule has 0 radical (unpaired) electrons. The molecule has 0 aromatic rings. The third kappa shape index (κ3) is 1.46. The quantitative estimate of drug-likeness (QED) is 0.622. The van der Waals surface area contributed by atoms with Crippen molar-refractivity contribution in [2.24, 2.45) is 11.8 Å².